The summed E-state index contributed by atoms with van der Waals surface area (Å²) in [6, 6.07) is 16.9. The predicted molar refractivity (Wildman–Crippen MR) is 115 cm³/mol. The minimum Gasteiger partial charge on any atom is -0.491 e. The summed E-state index contributed by atoms with van der Waals surface area (Å²) in [7, 11) is 1.39. The van der Waals surface area contributed by atoms with Gasteiger partial charge < -0.3 is 14.6 Å². The van der Waals surface area contributed by atoms with Crippen LogP contribution in [0.2, 0.25) is 0 Å². The molecule has 1 amide bonds. The number of carbonyl (C=O) groups is 1. The topological polar surface area (TPSA) is 103 Å². The molecule has 0 aliphatic heterocycles. The quantitative estimate of drug-likeness (QED) is 0.335. The van der Waals surface area contributed by atoms with Crippen molar-refractivity contribution in [2.75, 3.05) is 12.4 Å². The van der Waals surface area contributed by atoms with Gasteiger partial charge in [0.1, 0.15) is 6.54 Å². The average molecular weight is 425 g/mol. The molecule has 1 aromatic heterocycles. The van der Waals surface area contributed by atoms with Crippen molar-refractivity contribution < 1.29 is 14.5 Å². The van der Waals surface area contributed by atoms with E-state index in [0.29, 0.717) is 17.1 Å². The van der Waals surface area contributed by atoms with E-state index in [4.69, 9.17) is 4.74 Å². The first kappa shape index (κ1) is 21.1. The Bertz CT molecular complexity index is 1120. The van der Waals surface area contributed by atoms with E-state index in [1.165, 1.54) is 49.3 Å². The molecule has 8 nitrogen and oxygen atoms in total. The molecule has 0 fully saturated rings. The lowest BCUT2D eigenvalue weighted by atomic mass is 10.2. The number of anilines is 1. The highest BCUT2D eigenvalue weighted by Gasteiger charge is 2.13. The van der Waals surface area contributed by atoms with Crippen LogP contribution in [-0.4, -0.2) is 22.5 Å². The predicted octanol–water partition coefficient (Wildman–Crippen LogP) is 3.70. The molecule has 3 rings (SSSR count). The Hall–Kier alpha value is -3.59. The van der Waals surface area contributed by atoms with E-state index in [1.54, 1.807) is 10.6 Å². The molecule has 1 heterocycles. The molecule has 0 saturated heterocycles. The van der Waals surface area contributed by atoms with Gasteiger partial charge in [-0.1, -0.05) is 24.3 Å². The van der Waals surface area contributed by atoms with Crippen molar-refractivity contribution in [3.63, 3.8) is 0 Å². The van der Waals surface area contributed by atoms with Crippen LogP contribution >= 0.6 is 11.8 Å². The number of ether oxygens (including phenoxy) is 1. The van der Waals surface area contributed by atoms with E-state index in [0.717, 1.165) is 4.90 Å². The van der Waals surface area contributed by atoms with Crippen molar-refractivity contribution in [3.05, 3.63) is 92.9 Å². The number of rotatable bonds is 8. The van der Waals surface area contributed by atoms with E-state index >= 15 is 0 Å². The lowest BCUT2D eigenvalue weighted by molar-refractivity contribution is -0.384. The Morgan fingerprint density at radius 2 is 1.93 bits per heavy atom. The van der Waals surface area contributed by atoms with Gasteiger partial charge in [-0.25, -0.2) is 0 Å². The first-order chi connectivity index (χ1) is 14.5. The molecule has 0 saturated carbocycles. The van der Waals surface area contributed by atoms with Gasteiger partial charge in [-0.15, -0.1) is 11.8 Å². The highest BCUT2D eigenvalue weighted by atomic mass is 32.2. The number of thioether (sulfide) groups is 1. The van der Waals surface area contributed by atoms with Gasteiger partial charge in [0.05, 0.1) is 18.2 Å². The Morgan fingerprint density at radius 3 is 2.63 bits per heavy atom. The van der Waals surface area contributed by atoms with Crippen molar-refractivity contribution >= 4 is 29.0 Å². The molecular formula is C21H19N3O5S. The molecular weight excluding hydrogens is 406 g/mol. The summed E-state index contributed by atoms with van der Waals surface area (Å²) >= 11 is 1.54. The molecule has 0 aliphatic carbocycles. The lowest BCUT2D eigenvalue weighted by Gasteiger charge is -2.15. The third-order valence-corrected chi connectivity index (χ3v) is 5.23. The Labute approximate surface area is 176 Å². The van der Waals surface area contributed by atoms with Gasteiger partial charge in [0.2, 0.25) is 11.3 Å². The molecule has 0 unspecified atom stereocenters. The summed E-state index contributed by atoms with van der Waals surface area (Å²) in [5.74, 6) is 0.228. The van der Waals surface area contributed by atoms with Crippen molar-refractivity contribution in [1.29, 1.82) is 0 Å². The third kappa shape index (κ3) is 5.48. The maximum atomic E-state index is 12.5. The van der Waals surface area contributed by atoms with Crippen LogP contribution in [0.1, 0.15) is 5.69 Å². The van der Waals surface area contributed by atoms with Crippen LogP contribution in [0.25, 0.3) is 0 Å². The number of aromatic nitrogens is 1. The standard InChI is InChI=1S/C21H19N3O5S/c1-29-20-12-23(13-21(26)22-15-6-5-7-16(10-15)24(27)28)17(11-19(20)25)14-30-18-8-3-2-4-9-18/h2-12H,13-14H2,1H3,(H,22,26). The highest BCUT2D eigenvalue weighted by molar-refractivity contribution is 7.98. The van der Waals surface area contributed by atoms with Crippen LogP contribution in [0.4, 0.5) is 11.4 Å². The highest BCUT2D eigenvalue weighted by Crippen LogP contribution is 2.23. The molecule has 2 aromatic carbocycles. The number of nitrogens with one attached hydrogen (secondary N) is 1. The van der Waals surface area contributed by atoms with Crippen molar-refractivity contribution in [2.24, 2.45) is 0 Å². The fraction of sp³-hybridized carbons (Fsp3) is 0.143. The first-order valence-corrected chi connectivity index (χ1v) is 9.94. The van der Waals surface area contributed by atoms with Crippen LogP contribution < -0.4 is 15.5 Å². The van der Waals surface area contributed by atoms with Crippen LogP contribution in [0.15, 0.2) is 76.6 Å². The van der Waals surface area contributed by atoms with E-state index in [1.807, 2.05) is 30.3 Å². The zero-order valence-electron chi connectivity index (χ0n) is 16.1. The number of amides is 1. The molecule has 0 aliphatic rings. The molecule has 154 valence electrons. The second kappa shape index (κ2) is 9.75. The van der Waals surface area contributed by atoms with Gasteiger partial charge in [0.15, 0.2) is 5.75 Å². The number of hydrogen-bond donors (Lipinski definition) is 1. The largest absolute Gasteiger partial charge is 0.491 e. The number of nitrogens with zero attached hydrogens (tertiary/aromatic N) is 2. The second-order valence-corrected chi connectivity index (χ2v) is 7.33. The number of nitro benzene ring substituents is 1. The average Bonchev–Trinajstić information content (AvgIpc) is 2.74. The zero-order valence-corrected chi connectivity index (χ0v) is 16.9. The van der Waals surface area contributed by atoms with Crippen molar-refractivity contribution in [3.8, 4) is 5.75 Å². The maximum absolute atomic E-state index is 12.5. The molecule has 0 radical (unpaired) electrons. The minimum atomic E-state index is -0.527. The molecule has 0 atom stereocenters. The number of carbonyl (C=O) groups excluding carboxylic acids is 1. The molecule has 0 spiro atoms. The molecule has 0 bridgehead atoms. The molecule has 30 heavy (non-hydrogen) atoms. The van der Waals surface area contributed by atoms with E-state index in [-0.39, 0.29) is 29.3 Å². The van der Waals surface area contributed by atoms with Gasteiger partial charge in [-0.2, -0.15) is 0 Å². The first-order valence-electron chi connectivity index (χ1n) is 8.96. The summed E-state index contributed by atoms with van der Waals surface area (Å²) in [6.07, 6.45) is 1.50. The SMILES string of the molecule is COc1cn(CC(=O)Nc2cccc([N+](=O)[O-])c2)c(CSc2ccccc2)cc1=O. The van der Waals surface area contributed by atoms with Gasteiger partial charge >= 0.3 is 0 Å². The summed E-state index contributed by atoms with van der Waals surface area (Å²) in [5, 5.41) is 13.6. The van der Waals surface area contributed by atoms with Crippen LogP contribution in [0.5, 0.6) is 5.75 Å². The fourth-order valence-corrected chi connectivity index (χ4v) is 3.66. The van der Waals surface area contributed by atoms with Crippen molar-refractivity contribution in [2.45, 2.75) is 17.2 Å². The minimum absolute atomic E-state index is 0.0794. The Morgan fingerprint density at radius 1 is 1.17 bits per heavy atom. The van der Waals surface area contributed by atoms with E-state index < -0.39 is 4.92 Å². The van der Waals surface area contributed by atoms with Crippen molar-refractivity contribution in [1.82, 2.24) is 4.57 Å². The van der Waals surface area contributed by atoms with Gasteiger partial charge in [-0.05, 0) is 18.2 Å². The Kier molecular flexibility index (Phi) is 6.87. The lowest BCUT2D eigenvalue weighted by Crippen LogP contribution is -2.22. The summed E-state index contributed by atoms with van der Waals surface area (Å²) in [4.78, 5) is 36.2. The normalized spacial score (nSPS) is 10.4. The summed E-state index contributed by atoms with van der Waals surface area (Å²) < 4.78 is 6.74. The van der Waals surface area contributed by atoms with Crippen LogP contribution in [0, 0.1) is 10.1 Å². The number of hydrogen-bond acceptors (Lipinski definition) is 6. The summed E-state index contributed by atoms with van der Waals surface area (Å²) in [6.45, 7) is -0.0794. The maximum Gasteiger partial charge on any atom is 0.271 e. The van der Waals surface area contributed by atoms with Gasteiger partial charge in [0, 0.05) is 40.2 Å². The monoisotopic (exact) mass is 425 g/mol. The molecule has 9 heteroatoms. The second-order valence-electron chi connectivity index (χ2n) is 6.28. The van der Waals surface area contributed by atoms with E-state index in [2.05, 4.69) is 5.32 Å². The van der Waals surface area contributed by atoms with Gasteiger partial charge in [0.25, 0.3) is 5.69 Å². The molecule has 3 aromatic rings. The number of benzene rings is 2. The number of nitro groups is 1. The zero-order chi connectivity index (χ0) is 21.5. The summed E-state index contributed by atoms with van der Waals surface area (Å²) in [5.41, 5.74) is 0.598. The fourth-order valence-electron chi connectivity index (χ4n) is 2.74. The van der Waals surface area contributed by atoms with E-state index in [9.17, 15) is 19.7 Å². The van der Waals surface area contributed by atoms with Crippen LogP contribution in [-0.2, 0) is 17.1 Å². The third-order valence-electron chi connectivity index (χ3n) is 4.19. The Balaban J connectivity index is 1.79. The smallest absolute Gasteiger partial charge is 0.271 e. The van der Waals surface area contributed by atoms with Crippen LogP contribution in [0.3, 0.4) is 0 Å². The number of non-ortho nitro benzene ring substituents is 1. The molecule has 1 N–H and O–H groups in total. The number of pyridine rings is 1. The van der Waals surface area contributed by atoms with Gasteiger partial charge in [-0.3, -0.25) is 19.7 Å². The number of methoxy groups -OCH3 is 1.